The Kier molecular flexibility index (Phi) is 12.9. The van der Waals surface area contributed by atoms with Crippen molar-refractivity contribution in [2.75, 3.05) is 26.9 Å². The van der Waals surface area contributed by atoms with Crippen molar-refractivity contribution in [2.45, 2.75) is 73.4 Å². The van der Waals surface area contributed by atoms with Gasteiger partial charge in [0.15, 0.2) is 0 Å². The molecule has 0 saturated carbocycles. The summed E-state index contributed by atoms with van der Waals surface area (Å²) in [5.74, 6) is -6.33. The van der Waals surface area contributed by atoms with Gasteiger partial charge in [0.25, 0.3) is 11.7 Å². The van der Waals surface area contributed by atoms with Gasteiger partial charge in [0.05, 0.1) is 37.5 Å². The van der Waals surface area contributed by atoms with Crippen molar-refractivity contribution in [1.29, 1.82) is 0 Å². The highest BCUT2D eigenvalue weighted by atomic mass is 16.7. The van der Waals surface area contributed by atoms with Crippen molar-refractivity contribution < 1.29 is 84.0 Å². The second-order valence-corrected chi connectivity index (χ2v) is 11.6. The number of phenols is 1. The number of benzene rings is 2. The van der Waals surface area contributed by atoms with Gasteiger partial charge in [-0.15, -0.1) is 0 Å². The highest BCUT2D eigenvalue weighted by Crippen LogP contribution is 2.35. The molecule has 0 radical (unpaired) electrons. The number of aliphatic carboxylic acids is 1. The van der Waals surface area contributed by atoms with E-state index in [9.17, 15) is 60.3 Å². The van der Waals surface area contributed by atoms with Crippen LogP contribution in [0.4, 0.5) is 0 Å². The minimum absolute atomic E-state index is 0.161. The van der Waals surface area contributed by atoms with Crippen molar-refractivity contribution in [3.05, 3.63) is 54.1 Å². The van der Waals surface area contributed by atoms with E-state index in [2.05, 4.69) is 10.6 Å². The van der Waals surface area contributed by atoms with Gasteiger partial charge in [0, 0.05) is 13.0 Å². The number of hydrogen-bond donors (Lipinski definition) is 11. The first-order valence-electron chi connectivity index (χ1n) is 15.3. The molecule has 19 nitrogen and oxygen atoms in total. The highest BCUT2D eigenvalue weighted by Gasteiger charge is 2.57. The Balaban J connectivity index is 1.52. The largest absolute Gasteiger partial charge is 0.507 e. The zero-order valence-electron chi connectivity index (χ0n) is 26.5. The molecule has 2 saturated heterocycles. The lowest BCUT2D eigenvalue weighted by molar-refractivity contribution is -0.331. The smallest absolute Gasteiger partial charge is 0.364 e. The number of ether oxygens (including phenoxy) is 5. The summed E-state index contributed by atoms with van der Waals surface area (Å²) in [5.41, 5.74) is -0.161. The van der Waals surface area contributed by atoms with Crippen LogP contribution in [0, 0.1) is 0 Å². The van der Waals surface area contributed by atoms with Gasteiger partial charge in [-0.05, 0) is 36.4 Å². The van der Waals surface area contributed by atoms with Crippen LogP contribution in [0.15, 0.2) is 48.5 Å². The number of rotatable bonds is 14. The van der Waals surface area contributed by atoms with Crippen molar-refractivity contribution in [2.24, 2.45) is 0 Å². The van der Waals surface area contributed by atoms with Gasteiger partial charge in [-0.2, -0.15) is 0 Å². The molecule has 0 unspecified atom stereocenters. The van der Waals surface area contributed by atoms with Gasteiger partial charge < -0.3 is 80.3 Å². The number of amides is 2. The van der Waals surface area contributed by atoms with Crippen LogP contribution in [-0.4, -0.2) is 158 Å². The Morgan fingerprint density at radius 2 is 1.64 bits per heavy atom. The molecule has 11 atom stereocenters. The zero-order chi connectivity index (χ0) is 36.7. The fourth-order valence-corrected chi connectivity index (χ4v) is 5.40. The first kappa shape index (κ1) is 38.6. The SMILES string of the molecule is COc1ccc(O[C@@H]2O[C@H](CO[C@]3(C(=O)O)C[C@H](O)[C@@H](NC(=O)CO)[C@H]([C@H](O)[C@H](O)CNC(=O)c4ccccc4O)O3)[C@H](O)[C@H](O)[C@H]2O)cc1. The number of para-hydroxylation sites is 1. The van der Waals surface area contributed by atoms with Crippen molar-refractivity contribution >= 4 is 17.8 Å². The lowest BCUT2D eigenvalue weighted by atomic mass is 9.88. The maximum Gasteiger partial charge on any atom is 0.364 e. The number of carboxylic acid groups (broad SMARTS) is 1. The van der Waals surface area contributed by atoms with Crippen LogP contribution in [0.3, 0.4) is 0 Å². The quantitative estimate of drug-likeness (QED) is 0.0894. The maximum absolute atomic E-state index is 12.6. The summed E-state index contributed by atoms with van der Waals surface area (Å²) in [5, 5.41) is 98.4. The molecule has 2 aromatic rings. The normalized spacial score (nSPS) is 30.8. The molecule has 276 valence electrons. The molecule has 2 aromatic carbocycles. The van der Waals surface area contributed by atoms with Gasteiger partial charge in [-0.25, -0.2) is 4.79 Å². The number of aliphatic hydroxyl groups is 7. The summed E-state index contributed by atoms with van der Waals surface area (Å²) < 4.78 is 27.5. The first-order valence-corrected chi connectivity index (χ1v) is 15.3. The van der Waals surface area contributed by atoms with E-state index in [-0.39, 0.29) is 17.1 Å². The Labute approximate surface area is 284 Å². The Morgan fingerprint density at radius 1 is 0.980 bits per heavy atom. The third kappa shape index (κ3) is 8.76. The maximum atomic E-state index is 12.6. The van der Waals surface area contributed by atoms with E-state index in [0.717, 1.165) is 0 Å². The standard InChI is InChI=1S/C31H40N2O17/c1-46-14-6-8-15(9-7-14)48-29-26(42)25(41)24(40)20(49-29)13-47-31(30(44)45)10-18(36)22(33-21(38)12-34)27(50-31)23(39)19(37)11-32-28(43)16-4-2-3-5-17(16)35/h2-9,18-20,22-27,29,34-37,39-42H,10-13H2,1H3,(H,32,43)(H,33,38)(H,44,45)/t18-,19+,20+,22+,23+,24-,25-,26+,27+,29+,31+/m0/s1. The fourth-order valence-electron chi connectivity index (χ4n) is 5.40. The van der Waals surface area contributed by atoms with Crippen molar-refractivity contribution in [3.63, 3.8) is 0 Å². The Morgan fingerprint density at radius 3 is 2.26 bits per heavy atom. The van der Waals surface area contributed by atoms with Crippen LogP contribution in [-0.2, 0) is 23.8 Å². The van der Waals surface area contributed by atoms with Gasteiger partial charge in [-0.3, -0.25) is 9.59 Å². The van der Waals surface area contributed by atoms with E-state index in [0.29, 0.717) is 5.75 Å². The zero-order valence-corrected chi connectivity index (χ0v) is 26.5. The summed E-state index contributed by atoms with van der Waals surface area (Å²) in [6, 6.07) is 9.84. The van der Waals surface area contributed by atoms with Crippen LogP contribution in [0.2, 0.25) is 0 Å². The highest BCUT2D eigenvalue weighted by molar-refractivity contribution is 5.96. The second-order valence-electron chi connectivity index (χ2n) is 11.6. The molecular formula is C31H40N2O17. The number of methoxy groups -OCH3 is 1. The predicted molar refractivity (Wildman–Crippen MR) is 164 cm³/mol. The molecule has 2 heterocycles. The summed E-state index contributed by atoms with van der Waals surface area (Å²) in [6.45, 7) is -2.64. The number of hydrogen-bond acceptors (Lipinski definition) is 16. The molecule has 19 heteroatoms. The van der Waals surface area contributed by atoms with Gasteiger partial charge in [-0.1, -0.05) is 12.1 Å². The monoisotopic (exact) mass is 712 g/mol. The van der Waals surface area contributed by atoms with Crippen LogP contribution >= 0.6 is 0 Å². The Bertz CT molecular complexity index is 1460. The Hall–Kier alpha value is -4.15. The third-order valence-corrected chi connectivity index (χ3v) is 8.18. The van der Waals surface area contributed by atoms with Gasteiger partial charge in [0.2, 0.25) is 12.2 Å². The number of carbonyl (C=O) groups is 3. The molecule has 0 aromatic heterocycles. The number of carboxylic acids is 1. The molecule has 0 spiro atoms. The predicted octanol–water partition coefficient (Wildman–Crippen LogP) is -3.84. The number of phenolic OH excluding ortho intramolecular Hbond substituents is 1. The number of aromatic hydroxyl groups is 1. The average molecular weight is 713 g/mol. The first-order chi connectivity index (χ1) is 23.7. The van der Waals surface area contributed by atoms with E-state index in [4.69, 9.17) is 23.7 Å². The van der Waals surface area contributed by atoms with Crippen LogP contribution in [0.5, 0.6) is 17.2 Å². The van der Waals surface area contributed by atoms with Crippen LogP contribution in [0.25, 0.3) is 0 Å². The molecule has 0 bridgehead atoms. The lowest BCUT2D eigenvalue weighted by Gasteiger charge is -2.47. The van der Waals surface area contributed by atoms with E-state index in [1.165, 1.54) is 43.5 Å². The van der Waals surface area contributed by atoms with Crippen LogP contribution < -0.4 is 20.1 Å². The molecule has 0 aliphatic carbocycles. The number of nitrogens with one attached hydrogen (secondary N) is 2. The van der Waals surface area contributed by atoms with Crippen molar-refractivity contribution in [1.82, 2.24) is 10.6 Å². The summed E-state index contributed by atoms with van der Waals surface area (Å²) >= 11 is 0. The molecule has 2 amide bonds. The third-order valence-electron chi connectivity index (χ3n) is 8.18. The van der Waals surface area contributed by atoms with E-state index < -0.39 is 111 Å². The van der Waals surface area contributed by atoms with Gasteiger partial charge in [0.1, 0.15) is 60.5 Å². The number of aliphatic hydroxyl groups excluding tert-OH is 7. The molecule has 50 heavy (non-hydrogen) atoms. The van der Waals surface area contributed by atoms with Gasteiger partial charge >= 0.3 is 5.97 Å². The van der Waals surface area contributed by atoms with E-state index in [1.54, 1.807) is 12.1 Å². The minimum atomic E-state index is -2.85. The molecule has 2 fully saturated rings. The lowest BCUT2D eigenvalue weighted by Crippen LogP contribution is -2.69. The van der Waals surface area contributed by atoms with Crippen LogP contribution in [0.1, 0.15) is 16.8 Å². The van der Waals surface area contributed by atoms with E-state index >= 15 is 0 Å². The van der Waals surface area contributed by atoms with E-state index in [1.807, 2.05) is 0 Å². The molecule has 2 aliphatic rings. The average Bonchev–Trinajstić information content (AvgIpc) is 3.11. The molecule has 11 N–H and O–H groups in total. The summed E-state index contributed by atoms with van der Waals surface area (Å²) in [4.78, 5) is 37.2. The topological polar surface area (TPSA) is 303 Å². The summed E-state index contributed by atoms with van der Waals surface area (Å²) in [7, 11) is 1.45. The fraction of sp³-hybridized carbons (Fsp3) is 0.516. The molecule has 4 rings (SSSR count). The summed E-state index contributed by atoms with van der Waals surface area (Å²) in [6.07, 6.45) is -17.5. The molecular weight excluding hydrogens is 672 g/mol. The minimum Gasteiger partial charge on any atom is -0.507 e. The van der Waals surface area contributed by atoms with Crippen molar-refractivity contribution in [3.8, 4) is 17.2 Å². The number of carbonyl (C=O) groups excluding carboxylic acids is 2. The second kappa shape index (κ2) is 16.7. The molecule has 2 aliphatic heterocycles.